The fraction of sp³-hybridized carbons (Fsp3) is 0.346. The van der Waals surface area contributed by atoms with Crippen LogP contribution in [0, 0.1) is 23.4 Å². The van der Waals surface area contributed by atoms with Crippen molar-refractivity contribution in [2.45, 2.75) is 44.2 Å². The molecular formula is C26H27F3N4O3S. The molecule has 3 N–H and O–H groups in total. The molecule has 0 bridgehead atoms. The van der Waals surface area contributed by atoms with E-state index in [1.54, 1.807) is 18.5 Å². The van der Waals surface area contributed by atoms with E-state index in [4.69, 9.17) is 5.73 Å². The third-order valence-corrected chi connectivity index (χ3v) is 7.40. The summed E-state index contributed by atoms with van der Waals surface area (Å²) in [5.74, 6) is -3.51. The highest BCUT2D eigenvalue weighted by Gasteiger charge is 2.36. The monoisotopic (exact) mass is 532 g/mol. The number of nitrogens with two attached hydrogens (primary N) is 1. The van der Waals surface area contributed by atoms with Gasteiger partial charge in [0.05, 0.1) is 11.8 Å². The zero-order valence-corrected chi connectivity index (χ0v) is 21.1. The number of nitrogens with one attached hydrogen (secondary N) is 1. The minimum Gasteiger partial charge on any atom is -0.326 e. The first kappa shape index (κ1) is 26.9. The van der Waals surface area contributed by atoms with Crippen molar-refractivity contribution in [3.05, 3.63) is 83.1 Å². The van der Waals surface area contributed by atoms with Crippen LogP contribution in [0.5, 0.6) is 0 Å². The maximum atomic E-state index is 14.4. The summed E-state index contributed by atoms with van der Waals surface area (Å²) in [6.45, 7) is 1.92. The molecule has 2 heterocycles. The molecule has 0 radical (unpaired) electrons. The molecule has 7 nitrogen and oxygen atoms in total. The molecule has 0 amide bonds. The summed E-state index contributed by atoms with van der Waals surface area (Å²) >= 11 is 0. The zero-order valence-electron chi connectivity index (χ0n) is 20.3. The third-order valence-electron chi connectivity index (χ3n) is 6.70. The Labute approximate surface area is 213 Å². The number of hydrogen-bond donors (Lipinski definition) is 2. The molecule has 0 saturated heterocycles. The lowest BCUT2D eigenvalue weighted by molar-refractivity contribution is 0.0987. The van der Waals surface area contributed by atoms with Crippen LogP contribution in [0.3, 0.4) is 0 Å². The van der Waals surface area contributed by atoms with E-state index >= 15 is 0 Å². The molecule has 1 aromatic carbocycles. The predicted molar refractivity (Wildman–Crippen MR) is 133 cm³/mol. The van der Waals surface area contributed by atoms with Crippen molar-refractivity contribution < 1.29 is 26.4 Å². The molecule has 4 atom stereocenters. The molecule has 1 saturated carbocycles. The minimum atomic E-state index is -3.42. The average Bonchev–Trinajstić information content (AvgIpc) is 2.82. The number of benzene rings is 1. The normalized spacial score (nSPS) is 22.1. The van der Waals surface area contributed by atoms with E-state index in [2.05, 4.69) is 14.7 Å². The number of aromatic nitrogens is 2. The molecule has 0 aliphatic heterocycles. The van der Waals surface area contributed by atoms with Gasteiger partial charge >= 0.3 is 0 Å². The van der Waals surface area contributed by atoms with E-state index in [0.717, 1.165) is 36.1 Å². The number of carbonyl (C=O) groups excluding carboxylic acids is 1. The predicted octanol–water partition coefficient (Wildman–Crippen LogP) is 3.74. The number of carbonyl (C=O) groups is 1. The van der Waals surface area contributed by atoms with Gasteiger partial charge in [-0.3, -0.25) is 9.78 Å². The summed E-state index contributed by atoms with van der Waals surface area (Å²) in [6, 6.07) is 6.23. The molecule has 1 aliphatic carbocycles. The highest BCUT2D eigenvalue weighted by atomic mass is 32.2. The smallest absolute Gasteiger partial charge is 0.209 e. The topological polar surface area (TPSA) is 115 Å². The van der Waals surface area contributed by atoms with Gasteiger partial charge in [-0.05, 0) is 66.1 Å². The summed E-state index contributed by atoms with van der Waals surface area (Å²) in [5, 5.41) is 0. The van der Waals surface area contributed by atoms with E-state index in [1.165, 1.54) is 6.07 Å². The second-order valence-electron chi connectivity index (χ2n) is 9.52. The molecule has 0 unspecified atom stereocenters. The maximum Gasteiger partial charge on any atom is 0.209 e. The Hall–Kier alpha value is -3.15. The van der Waals surface area contributed by atoms with Crippen molar-refractivity contribution in [3.63, 3.8) is 0 Å². The van der Waals surface area contributed by atoms with Gasteiger partial charge in [0.25, 0.3) is 0 Å². The van der Waals surface area contributed by atoms with Crippen LogP contribution < -0.4 is 10.5 Å². The molecule has 1 fully saturated rings. The molecule has 11 heteroatoms. The summed E-state index contributed by atoms with van der Waals surface area (Å²) in [5.41, 5.74) is 6.46. The van der Waals surface area contributed by atoms with Crippen LogP contribution in [-0.2, 0) is 16.4 Å². The number of sulfonamides is 1. The Balaban J connectivity index is 1.59. The second-order valence-corrected chi connectivity index (χ2v) is 11.3. The van der Waals surface area contributed by atoms with Crippen LogP contribution >= 0.6 is 0 Å². The molecule has 0 spiro atoms. The first-order chi connectivity index (χ1) is 17.4. The van der Waals surface area contributed by atoms with Gasteiger partial charge in [-0.2, -0.15) is 0 Å². The van der Waals surface area contributed by atoms with E-state index in [0.29, 0.717) is 18.4 Å². The molecule has 3 aromatic rings. The zero-order chi connectivity index (χ0) is 26.9. The lowest BCUT2D eigenvalue weighted by atomic mass is 9.73. The Morgan fingerprint density at radius 1 is 1.08 bits per heavy atom. The van der Waals surface area contributed by atoms with Gasteiger partial charge in [0.1, 0.15) is 28.8 Å². The molecule has 4 rings (SSSR count). The van der Waals surface area contributed by atoms with Crippen LogP contribution in [0.25, 0.3) is 11.3 Å². The van der Waals surface area contributed by atoms with Crippen molar-refractivity contribution >= 4 is 15.8 Å². The summed E-state index contributed by atoms with van der Waals surface area (Å²) in [6.07, 6.45) is 5.28. The fourth-order valence-electron chi connectivity index (χ4n) is 5.04. The number of nitrogens with zero attached hydrogens (tertiary/aromatic N) is 2. The Bertz CT molecular complexity index is 1400. The number of halogens is 3. The van der Waals surface area contributed by atoms with Crippen LogP contribution in [0.2, 0.25) is 0 Å². The summed E-state index contributed by atoms with van der Waals surface area (Å²) in [4.78, 5) is 21.2. The van der Waals surface area contributed by atoms with Gasteiger partial charge < -0.3 is 5.73 Å². The average molecular weight is 533 g/mol. The summed E-state index contributed by atoms with van der Waals surface area (Å²) < 4.78 is 69.0. The Morgan fingerprint density at radius 2 is 1.78 bits per heavy atom. The van der Waals surface area contributed by atoms with Crippen molar-refractivity contribution in [2.24, 2.45) is 11.7 Å². The number of rotatable bonds is 7. The van der Waals surface area contributed by atoms with Gasteiger partial charge in [0, 0.05) is 30.9 Å². The molecule has 2 aromatic heterocycles. The maximum absolute atomic E-state index is 14.4. The van der Waals surface area contributed by atoms with Crippen LogP contribution in [0.4, 0.5) is 13.2 Å². The van der Waals surface area contributed by atoms with Crippen molar-refractivity contribution in [1.82, 2.24) is 14.7 Å². The first-order valence-corrected chi connectivity index (χ1v) is 13.6. The van der Waals surface area contributed by atoms with Gasteiger partial charge in [-0.15, -0.1) is 0 Å². The van der Waals surface area contributed by atoms with E-state index < -0.39 is 56.6 Å². The molecular weight excluding hydrogens is 505 g/mol. The Morgan fingerprint density at radius 3 is 2.43 bits per heavy atom. The van der Waals surface area contributed by atoms with Gasteiger partial charge in [0.2, 0.25) is 10.0 Å². The van der Waals surface area contributed by atoms with Crippen LogP contribution in [0.1, 0.15) is 47.3 Å². The van der Waals surface area contributed by atoms with Crippen LogP contribution in [0.15, 0.2) is 48.8 Å². The quantitative estimate of drug-likeness (QED) is 0.448. The molecule has 37 heavy (non-hydrogen) atoms. The lowest BCUT2D eigenvalue weighted by Crippen LogP contribution is -2.54. The Kier molecular flexibility index (Phi) is 7.77. The van der Waals surface area contributed by atoms with Crippen LogP contribution in [-0.4, -0.2) is 42.5 Å². The first-order valence-electron chi connectivity index (χ1n) is 11.7. The highest BCUT2D eigenvalue weighted by Crippen LogP contribution is 2.37. The fourth-order valence-corrected chi connectivity index (χ4v) is 5.94. The molecule has 1 aliphatic rings. The number of pyridine rings is 2. The largest absolute Gasteiger partial charge is 0.326 e. The summed E-state index contributed by atoms with van der Waals surface area (Å²) in [7, 11) is -3.42. The minimum absolute atomic E-state index is 0.0438. The van der Waals surface area contributed by atoms with Gasteiger partial charge in [0.15, 0.2) is 5.78 Å². The van der Waals surface area contributed by atoms with Crippen molar-refractivity contribution in [2.75, 3.05) is 6.26 Å². The standard InChI is InChI=1S/C26H27F3N4O3S/c1-14-10-15(11-21(30)25(14)33-37(2,35)36)17-8-9-31-13-16(17)12-23(34)22-7-6-20(29)26(32-22)24-18(27)4-3-5-19(24)28/h3-9,13-15,21,25,33H,10-12,30H2,1-2H3/t14-,15+,21+,25-/m0/s1. The van der Waals surface area contributed by atoms with Gasteiger partial charge in [-0.25, -0.2) is 31.3 Å². The van der Waals surface area contributed by atoms with Crippen molar-refractivity contribution in [1.29, 1.82) is 0 Å². The highest BCUT2D eigenvalue weighted by molar-refractivity contribution is 7.88. The number of Topliss-reactive ketones (excluding diaryl/α,β-unsaturated/α-hetero) is 1. The van der Waals surface area contributed by atoms with Gasteiger partial charge in [-0.1, -0.05) is 13.0 Å². The van der Waals surface area contributed by atoms with E-state index in [1.807, 2.05) is 6.92 Å². The van der Waals surface area contributed by atoms with E-state index in [9.17, 15) is 26.4 Å². The number of ketones is 1. The number of hydrogen-bond acceptors (Lipinski definition) is 6. The van der Waals surface area contributed by atoms with Crippen molar-refractivity contribution in [3.8, 4) is 11.3 Å². The van der Waals surface area contributed by atoms with E-state index in [-0.39, 0.29) is 24.0 Å². The SMILES string of the molecule is C[C@H]1C[C@@H](c2ccncc2CC(=O)c2ccc(F)c(-c3c(F)cccc3F)n2)C[C@@H](N)[C@H]1NS(C)(=O)=O. The third kappa shape index (κ3) is 6.06. The molecule has 196 valence electrons. The second kappa shape index (κ2) is 10.7. The lowest BCUT2D eigenvalue weighted by Gasteiger charge is -2.39.